The second-order valence-corrected chi connectivity index (χ2v) is 7.73. The minimum atomic E-state index is 0.105. The zero-order valence-electron chi connectivity index (χ0n) is 14.1. The van der Waals surface area contributed by atoms with Gasteiger partial charge in [0, 0.05) is 44.0 Å². The lowest BCUT2D eigenvalue weighted by atomic mass is 10.1. The van der Waals surface area contributed by atoms with Crippen molar-refractivity contribution in [1.82, 2.24) is 14.8 Å². The number of rotatable bonds is 4. The fraction of sp³-hybridized carbons (Fsp3) is 0.474. The molecule has 0 unspecified atom stereocenters. The highest BCUT2D eigenvalue weighted by Gasteiger charge is 2.29. The monoisotopic (exact) mass is 341 g/mol. The lowest BCUT2D eigenvalue weighted by molar-refractivity contribution is 0.0623. The average Bonchev–Trinajstić information content (AvgIpc) is 3.34. The standard InChI is InChI=1S/C19H23N3OS/c1-14-4-2-3-5-16(14)12-21-8-10-22(11-9-21)19(23)17-13-24-18(20-17)15-6-7-15/h2-5,13,15H,6-12H2,1H3. The Balaban J connectivity index is 1.33. The van der Waals surface area contributed by atoms with Gasteiger partial charge in [-0.25, -0.2) is 4.98 Å². The van der Waals surface area contributed by atoms with Crippen LogP contribution >= 0.6 is 11.3 Å². The highest BCUT2D eigenvalue weighted by atomic mass is 32.1. The van der Waals surface area contributed by atoms with E-state index in [1.165, 1.54) is 24.0 Å². The summed E-state index contributed by atoms with van der Waals surface area (Å²) in [5.74, 6) is 0.733. The summed E-state index contributed by atoms with van der Waals surface area (Å²) in [6, 6.07) is 8.54. The van der Waals surface area contributed by atoms with Gasteiger partial charge in [-0.15, -0.1) is 11.3 Å². The molecule has 24 heavy (non-hydrogen) atoms. The van der Waals surface area contributed by atoms with Crippen LogP contribution in [0.25, 0.3) is 0 Å². The number of benzene rings is 1. The molecule has 4 nitrogen and oxygen atoms in total. The molecule has 1 aromatic carbocycles. The van der Waals surface area contributed by atoms with Crippen LogP contribution in [-0.2, 0) is 6.54 Å². The van der Waals surface area contributed by atoms with Crippen LogP contribution in [0.4, 0.5) is 0 Å². The van der Waals surface area contributed by atoms with Crippen molar-refractivity contribution in [2.45, 2.75) is 32.2 Å². The Morgan fingerprint density at radius 1 is 1.21 bits per heavy atom. The molecule has 1 saturated heterocycles. The van der Waals surface area contributed by atoms with Gasteiger partial charge in [0.05, 0.1) is 5.01 Å². The molecular weight excluding hydrogens is 318 g/mol. The maximum atomic E-state index is 12.6. The molecule has 1 aromatic heterocycles. The van der Waals surface area contributed by atoms with E-state index in [1.807, 2.05) is 10.3 Å². The van der Waals surface area contributed by atoms with Gasteiger partial charge >= 0.3 is 0 Å². The molecule has 2 fully saturated rings. The van der Waals surface area contributed by atoms with Crippen LogP contribution in [0.5, 0.6) is 0 Å². The van der Waals surface area contributed by atoms with Crippen molar-refractivity contribution in [2.24, 2.45) is 0 Å². The van der Waals surface area contributed by atoms with Crippen LogP contribution in [0.15, 0.2) is 29.6 Å². The SMILES string of the molecule is Cc1ccccc1CN1CCN(C(=O)c2csc(C3CC3)n2)CC1. The van der Waals surface area contributed by atoms with E-state index in [0.717, 1.165) is 37.7 Å². The van der Waals surface area contributed by atoms with E-state index in [4.69, 9.17) is 0 Å². The van der Waals surface area contributed by atoms with Crippen LogP contribution < -0.4 is 0 Å². The van der Waals surface area contributed by atoms with Crippen LogP contribution in [0.1, 0.15) is 45.4 Å². The molecule has 2 aromatic rings. The summed E-state index contributed by atoms with van der Waals surface area (Å²) in [5, 5.41) is 3.09. The maximum absolute atomic E-state index is 12.6. The molecule has 0 bridgehead atoms. The van der Waals surface area contributed by atoms with Gasteiger partial charge in [0.2, 0.25) is 0 Å². The number of carbonyl (C=O) groups is 1. The molecule has 0 N–H and O–H groups in total. The third-order valence-electron chi connectivity index (χ3n) is 4.98. The third kappa shape index (κ3) is 3.37. The van der Waals surface area contributed by atoms with E-state index >= 15 is 0 Å². The predicted molar refractivity (Wildman–Crippen MR) is 96.4 cm³/mol. The Morgan fingerprint density at radius 2 is 1.96 bits per heavy atom. The van der Waals surface area contributed by atoms with Crippen LogP contribution in [-0.4, -0.2) is 46.9 Å². The number of hydrogen-bond acceptors (Lipinski definition) is 4. The topological polar surface area (TPSA) is 36.4 Å². The first-order valence-corrected chi connectivity index (χ1v) is 9.60. The second kappa shape index (κ2) is 6.65. The molecule has 1 amide bonds. The first-order valence-electron chi connectivity index (χ1n) is 8.72. The molecule has 5 heteroatoms. The highest BCUT2D eigenvalue weighted by Crippen LogP contribution is 2.41. The summed E-state index contributed by atoms with van der Waals surface area (Å²) in [6.07, 6.45) is 2.47. The average molecular weight is 341 g/mol. The normalized spacial score (nSPS) is 18.8. The van der Waals surface area contributed by atoms with Gasteiger partial charge in [-0.1, -0.05) is 24.3 Å². The largest absolute Gasteiger partial charge is 0.335 e. The van der Waals surface area contributed by atoms with E-state index < -0.39 is 0 Å². The van der Waals surface area contributed by atoms with E-state index in [9.17, 15) is 4.79 Å². The number of thiazole rings is 1. The summed E-state index contributed by atoms with van der Waals surface area (Å²) in [7, 11) is 0. The van der Waals surface area contributed by atoms with Crippen molar-refractivity contribution in [2.75, 3.05) is 26.2 Å². The lowest BCUT2D eigenvalue weighted by Gasteiger charge is -2.34. The summed E-state index contributed by atoms with van der Waals surface area (Å²) >= 11 is 1.65. The van der Waals surface area contributed by atoms with Crippen LogP contribution in [0.2, 0.25) is 0 Å². The first-order chi connectivity index (χ1) is 11.7. The van der Waals surface area contributed by atoms with Crippen LogP contribution in [0, 0.1) is 6.92 Å². The van der Waals surface area contributed by atoms with Gasteiger partial charge in [-0.2, -0.15) is 0 Å². The Labute approximate surface area is 147 Å². The number of nitrogens with zero attached hydrogens (tertiary/aromatic N) is 3. The molecule has 2 aliphatic rings. The maximum Gasteiger partial charge on any atom is 0.273 e. The number of carbonyl (C=O) groups excluding carboxylic acids is 1. The summed E-state index contributed by atoms with van der Waals surface area (Å²) in [6.45, 7) is 6.58. The predicted octanol–water partition coefficient (Wildman–Crippen LogP) is 3.29. The van der Waals surface area contributed by atoms with Gasteiger partial charge in [0.25, 0.3) is 5.91 Å². The van der Waals surface area contributed by atoms with Crippen LogP contribution in [0.3, 0.4) is 0 Å². The second-order valence-electron chi connectivity index (χ2n) is 6.84. The molecule has 126 valence electrons. The Hall–Kier alpha value is -1.72. The van der Waals surface area contributed by atoms with E-state index in [0.29, 0.717) is 11.6 Å². The van der Waals surface area contributed by atoms with E-state index in [2.05, 4.69) is 41.1 Å². The van der Waals surface area contributed by atoms with Crippen molar-refractivity contribution in [1.29, 1.82) is 0 Å². The smallest absolute Gasteiger partial charge is 0.273 e. The molecule has 2 heterocycles. The zero-order chi connectivity index (χ0) is 16.5. The van der Waals surface area contributed by atoms with Crippen molar-refractivity contribution >= 4 is 17.2 Å². The summed E-state index contributed by atoms with van der Waals surface area (Å²) in [5.41, 5.74) is 3.37. The molecular formula is C19H23N3OS. The lowest BCUT2D eigenvalue weighted by Crippen LogP contribution is -2.48. The molecule has 0 spiro atoms. The molecule has 1 aliphatic carbocycles. The quantitative estimate of drug-likeness (QED) is 0.856. The van der Waals surface area contributed by atoms with Gasteiger partial charge in [-0.3, -0.25) is 9.69 Å². The molecule has 4 rings (SSSR count). The molecule has 1 aliphatic heterocycles. The third-order valence-corrected chi connectivity index (χ3v) is 5.99. The number of hydrogen-bond donors (Lipinski definition) is 0. The zero-order valence-corrected chi connectivity index (χ0v) is 14.9. The number of amides is 1. The molecule has 1 saturated carbocycles. The van der Waals surface area contributed by atoms with E-state index in [1.54, 1.807) is 11.3 Å². The number of aryl methyl sites for hydroxylation is 1. The van der Waals surface area contributed by atoms with E-state index in [-0.39, 0.29) is 5.91 Å². The van der Waals surface area contributed by atoms with Crippen molar-refractivity contribution < 1.29 is 4.79 Å². The van der Waals surface area contributed by atoms with Crippen molar-refractivity contribution in [3.63, 3.8) is 0 Å². The van der Waals surface area contributed by atoms with Gasteiger partial charge in [0.15, 0.2) is 0 Å². The van der Waals surface area contributed by atoms with Gasteiger partial charge < -0.3 is 4.90 Å². The van der Waals surface area contributed by atoms with Gasteiger partial charge in [0.1, 0.15) is 5.69 Å². The number of aromatic nitrogens is 1. The van der Waals surface area contributed by atoms with Gasteiger partial charge in [-0.05, 0) is 30.9 Å². The fourth-order valence-electron chi connectivity index (χ4n) is 3.20. The molecule has 0 atom stereocenters. The number of piperazine rings is 1. The Morgan fingerprint density at radius 3 is 2.67 bits per heavy atom. The minimum Gasteiger partial charge on any atom is -0.335 e. The minimum absolute atomic E-state index is 0.105. The highest BCUT2D eigenvalue weighted by molar-refractivity contribution is 7.10. The summed E-state index contributed by atoms with van der Waals surface area (Å²) < 4.78 is 0. The van der Waals surface area contributed by atoms with Crippen molar-refractivity contribution in [3.8, 4) is 0 Å². The Bertz CT molecular complexity index is 730. The fourth-order valence-corrected chi connectivity index (χ4v) is 4.17. The van der Waals surface area contributed by atoms with Crippen molar-refractivity contribution in [3.05, 3.63) is 51.5 Å². The first kappa shape index (κ1) is 15.8. The Kier molecular flexibility index (Phi) is 4.37. The summed E-state index contributed by atoms with van der Waals surface area (Å²) in [4.78, 5) is 21.6. The molecule has 0 radical (unpaired) electrons.